The van der Waals surface area contributed by atoms with Gasteiger partial charge in [-0.2, -0.15) is 4.98 Å². The van der Waals surface area contributed by atoms with E-state index in [0.29, 0.717) is 24.1 Å². The molecule has 1 saturated heterocycles. The number of hydrogen-bond donors (Lipinski definition) is 5. The Labute approximate surface area is 242 Å². The van der Waals surface area contributed by atoms with Gasteiger partial charge in [0.15, 0.2) is 0 Å². The summed E-state index contributed by atoms with van der Waals surface area (Å²) >= 11 is 1.54. The first-order valence-electron chi connectivity index (χ1n) is 14.2. The van der Waals surface area contributed by atoms with Gasteiger partial charge in [0, 0.05) is 44.6 Å². The lowest BCUT2D eigenvalue weighted by atomic mass is 9.97. The molecule has 0 aromatic carbocycles. The predicted octanol–water partition coefficient (Wildman–Crippen LogP) is 3.00. The number of nitrogens with one attached hydrogen (secondary N) is 2. The number of hydrogen-bond acceptors (Lipinski definition) is 12. The fourth-order valence-corrected chi connectivity index (χ4v) is 6.98. The van der Waals surface area contributed by atoms with Gasteiger partial charge in [-0.1, -0.05) is 6.07 Å². The normalized spacial score (nSPS) is 23.3. The minimum Gasteiger partial charge on any atom is -0.396 e. The van der Waals surface area contributed by atoms with Crippen molar-refractivity contribution in [3.63, 3.8) is 0 Å². The highest BCUT2D eigenvalue weighted by atomic mass is 32.1. The largest absolute Gasteiger partial charge is 0.396 e. The summed E-state index contributed by atoms with van der Waals surface area (Å²) in [5.74, 6) is 2.15. The second-order valence-electron chi connectivity index (χ2n) is 11.0. The Bertz CT molecular complexity index is 1490. The number of aromatic nitrogens is 5. The first kappa shape index (κ1) is 27.7. The Balaban J connectivity index is 1.24. The Hall–Kier alpha value is -3.45. The number of rotatable bonds is 8. The van der Waals surface area contributed by atoms with Gasteiger partial charge in [0.2, 0.25) is 5.95 Å². The van der Waals surface area contributed by atoms with Crippen molar-refractivity contribution in [2.45, 2.75) is 51.4 Å². The molecule has 0 bridgehead atoms. The van der Waals surface area contributed by atoms with E-state index in [2.05, 4.69) is 31.6 Å². The van der Waals surface area contributed by atoms with Gasteiger partial charge in [-0.15, -0.1) is 11.3 Å². The van der Waals surface area contributed by atoms with Gasteiger partial charge in [-0.25, -0.2) is 15.0 Å². The Morgan fingerprint density at radius 1 is 0.976 bits per heavy atom. The number of aliphatic hydroxyl groups is 3. The molecule has 6 rings (SSSR count). The summed E-state index contributed by atoms with van der Waals surface area (Å²) in [6, 6.07) is 7.48. The molecule has 11 nitrogen and oxygen atoms in total. The summed E-state index contributed by atoms with van der Waals surface area (Å²) in [6.45, 7) is 6.34. The minimum atomic E-state index is -1.03. The fraction of sp³-hybridized carbons (Fsp3) is 0.483. The van der Waals surface area contributed by atoms with E-state index in [4.69, 9.17) is 15.0 Å². The zero-order valence-corrected chi connectivity index (χ0v) is 24.1. The summed E-state index contributed by atoms with van der Waals surface area (Å²) < 4.78 is 1.02. The number of aryl methyl sites for hydroxylation is 2. The molecule has 41 heavy (non-hydrogen) atoms. The van der Waals surface area contributed by atoms with Crippen molar-refractivity contribution in [3.8, 4) is 10.6 Å². The Kier molecular flexibility index (Phi) is 7.98. The van der Waals surface area contributed by atoms with Crippen LogP contribution in [-0.2, 0) is 0 Å². The monoisotopic (exact) mass is 576 g/mol. The average molecular weight is 577 g/mol. The van der Waals surface area contributed by atoms with Crippen LogP contribution in [0.5, 0.6) is 0 Å². The van der Waals surface area contributed by atoms with Crippen molar-refractivity contribution < 1.29 is 15.3 Å². The molecule has 2 aliphatic rings. The van der Waals surface area contributed by atoms with Crippen LogP contribution in [0.3, 0.4) is 0 Å². The molecule has 5 N–H and O–H groups in total. The molecule has 0 radical (unpaired) electrons. The molecule has 5 heterocycles. The van der Waals surface area contributed by atoms with Crippen LogP contribution in [0.25, 0.3) is 20.8 Å². The van der Waals surface area contributed by atoms with E-state index in [1.54, 1.807) is 17.5 Å². The number of pyridine rings is 2. The van der Waals surface area contributed by atoms with Crippen LogP contribution in [0.4, 0.5) is 17.6 Å². The van der Waals surface area contributed by atoms with Crippen LogP contribution in [0, 0.1) is 25.7 Å². The van der Waals surface area contributed by atoms with Gasteiger partial charge in [0.25, 0.3) is 0 Å². The summed E-state index contributed by atoms with van der Waals surface area (Å²) in [6.07, 6.45) is 4.08. The minimum absolute atomic E-state index is 0.192. The molecule has 4 aromatic heterocycles. The number of thiazole rings is 1. The van der Waals surface area contributed by atoms with Crippen LogP contribution in [0.15, 0.2) is 36.7 Å². The maximum atomic E-state index is 10.7. The number of fused-ring (bicyclic) bond motifs is 1. The summed E-state index contributed by atoms with van der Waals surface area (Å²) in [5, 5.41) is 38.4. The zero-order chi connectivity index (χ0) is 28.5. The van der Waals surface area contributed by atoms with Crippen molar-refractivity contribution in [1.29, 1.82) is 0 Å². The third kappa shape index (κ3) is 5.69. The zero-order valence-electron chi connectivity index (χ0n) is 23.2. The van der Waals surface area contributed by atoms with Crippen LogP contribution in [-0.4, -0.2) is 84.7 Å². The summed E-state index contributed by atoms with van der Waals surface area (Å²) in [4.78, 5) is 25.7. The molecular formula is C29H36N8O3S. The van der Waals surface area contributed by atoms with E-state index < -0.39 is 24.2 Å². The third-order valence-corrected chi connectivity index (χ3v) is 9.33. The highest BCUT2D eigenvalue weighted by Gasteiger charge is 2.41. The second-order valence-corrected chi connectivity index (χ2v) is 12.1. The molecule has 1 aliphatic heterocycles. The van der Waals surface area contributed by atoms with Gasteiger partial charge in [-0.05, 0) is 57.2 Å². The van der Waals surface area contributed by atoms with Gasteiger partial charge in [0.05, 0.1) is 33.8 Å². The maximum absolute atomic E-state index is 10.7. The van der Waals surface area contributed by atoms with E-state index in [1.807, 2.05) is 38.2 Å². The van der Waals surface area contributed by atoms with Gasteiger partial charge in [0.1, 0.15) is 28.3 Å². The molecule has 2 fully saturated rings. The lowest BCUT2D eigenvalue weighted by Crippen LogP contribution is -2.36. The number of nitrogens with zero attached hydrogens (tertiary/aromatic N) is 6. The third-order valence-electron chi connectivity index (χ3n) is 8.29. The molecule has 0 spiro atoms. The predicted molar refractivity (Wildman–Crippen MR) is 160 cm³/mol. The van der Waals surface area contributed by atoms with Crippen LogP contribution in [0.1, 0.15) is 30.7 Å². The van der Waals surface area contributed by atoms with Gasteiger partial charge in [-0.3, -0.25) is 4.98 Å². The lowest BCUT2D eigenvalue weighted by molar-refractivity contribution is 0.00446. The van der Waals surface area contributed by atoms with Gasteiger partial charge < -0.3 is 30.9 Å². The highest BCUT2D eigenvalue weighted by Crippen LogP contribution is 2.38. The quantitative estimate of drug-likeness (QED) is 0.210. The van der Waals surface area contributed by atoms with E-state index in [1.165, 1.54) is 0 Å². The van der Waals surface area contributed by atoms with Crippen LogP contribution >= 0.6 is 11.3 Å². The summed E-state index contributed by atoms with van der Waals surface area (Å²) in [5.41, 5.74) is 3.21. The average Bonchev–Trinajstić information content (AvgIpc) is 3.54. The molecule has 4 atom stereocenters. The van der Waals surface area contributed by atoms with Crippen LogP contribution in [0.2, 0.25) is 0 Å². The smallest absolute Gasteiger partial charge is 0.224 e. The number of aliphatic hydroxyl groups excluding tert-OH is 3. The fourth-order valence-electron chi connectivity index (χ4n) is 5.87. The standard InChI is InChI=1S/C29H36N8O3S/c1-16-23(28-35-24-17(2)30-10-6-21(24)41-28)27(34-20-13-19(15-38)25(39)26(20)40)36-29(33-16)32-14-18-7-11-37(12-8-18)22-5-3-4-9-31-22/h3-6,9-10,18-20,25-26,38-40H,7-8,11-15H2,1-2H3,(H2,32,33,34,36)/t19-,20-,25-,26+/m1/s1. The topological polar surface area (TPSA) is 152 Å². The van der Waals surface area contributed by atoms with E-state index >= 15 is 0 Å². The lowest BCUT2D eigenvalue weighted by Gasteiger charge is -2.32. The molecule has 216 valence electrons. The van der Waals surface area contributed by atoms with E-state index in [0.717, 1.165) is 70.5 Å². The summed E-state index contributed by atoms with van der Waals surface area (Å²) in [7, 11) is 0. The first-order valence-corrected chi connectivity index (χ1v) is 15.0. The van der Waals surface area contributed by atoms with Crippen molar-refractivity contribution in [2.75, 3.05) is 41.8 Å². The van der Waals surface area contributed by atoms with E-state index in [-0.39, 0.29) is 6.61 Å². The van der Waals surface area contributed by atoms with Crippen molar-refractivity contribution in [2.24, 2.45) is 11.8 Å². The molecular weight excluding hydrogens is 540 g/mol. The molecule has 1 saturated carbocycles. The molecule has 12 heteroatoms. The van der Waals surface area contributed by atoms with Crippen molar-refractivity contribution in [1.82, 2.24) is 24.9 Å². The molecule has 4 aromatic rings. The highest BCUT2D eigenvalue weighted by molar-refractivity contribution is 7.21. The Morgan fingerprint density at radius 3 is 2.51 bits per heavy atom. The SMILES string of the molecule is Cc1nc(NCC2CCN(c3ccccn3)CC2)nc(N[C@@H]2C[C@H](CO)[C@@H](O)[C@H]2O)c1-c1nc2c(C)nccc2s1. The maximum Gasteiger partial charge on any atom is 0.224 e. The number of anilines is 3. The second kappa shape index (κ2) is 11.8. The molecule has 1 aliphatic carbocycles. The number of piperidine rings is 1. The van der Waals surface area contributed by atoms with Gasteiger partial charge >= 0.3 is 0 Å². The van der Waals surface area contributed by atoms with E-state index in [9.17, 15) is 15.3 Å². The Morgan fingerprint density at radius 2 is 1.80 bits per heavy atom. The first-order chi connectivity index (χ1) is 19.9. The molecule has 0 unspecified atom stereocenters. The van der Waals surface area contributed by atoms with Crippen molar-refractivity contribution >= 4 is 39.1 Å². The van der Waals surface area contributed by atoms with Crippen LogP contribution < -0.4 is 15.5 Å². The van der Waals surface area contributed by atoms with Crippen molar-refractivity contribution in [3.05, 3.63) is 48.0 Å². The molecule has 0 amide bonds.